The summed E-state index contributed by atoms with van der Waals surface area (Å²) in [7, 11) is 2.23. The summed E-state index contributed by atoms with van der Waals surface area (Å²) in [4.78, 5) is 2.48. The lowest BCUT2D eigenvalue weighted by molar-refractivity contribution is 0.176. The molecular weight excluding hydrogens is 244 g/mol. The van der Waals surface area contributed by atoms with Gasteiger partial charge in [0.25, 0.3) is 0 Å². The topological polar surface area (TPSA) is 15.3 Å². The van der Waals surface area contributed by atoms with Crippen LogP contribution in [-0.2, 0) is 0 Å². The second-order valence-corrected chi connectivity index (χ2v) is 5.69. The molecular formula is C15H23ClN2. The minimum atomic E-state index is 0.411. The largest absolute Gasteiger partial charge is 0.315 e. The highest BCUT2D eigenvalue weighted by molar-refractivity contribution is 6.30. The fourth-order valence-corrected chi connectivity index (χ4v) is 2.86. The Morgan fingerprint density at radius 1 is 1.39 bits per heavy atom. The van der Waals surface area contributed by atoms with Crippen molar-refractivity contribution < 1.29 is 0 Å². The zero-order valence-electron chi connectivity index (χ0n) is 11.3. The van der Waals surface area contributed by atoms with Crippen molar-refractivity contribution in [3.05, 3.63) is 34.9 Å². The highest BCUT2D eigenvalue weighted by Crippen LogP contribution is 2.25. The molecule has 0 bridgehead atoms. The lowest BCUT2D eigenvalue weighted by Gasteiger charge is -2.33. The third kappa shape index (κ3) is 3.47. The molecule has 100 valence electrons. The van der Waals surface area contributed by atoms with Crippen LogP contribution in [0.2, 0.25) is 5.02 Å². The molecule has 1 saturated heterocycles. The Kier molecular flexibility index (Phi) is 5.04. The van der Waals surface area contributed by atoms with E-state index in [2.05, 4.69) is 36.3 Å². The third-order valence-electron chi connectivity index (χ3n) is 4.04. The van der Waals surface area contributed by atoms with Crippen molar-refractivity contribution in [3.63, 3.8) is 0 Å². The minimum absolute atomic E-state index is 0.411. The summed E-state index contributed by atoms with van der Waals surface area (Å²) < 4.78 is 0. The number of nitrogens with one attached hydrogen (secondary N) is 1. The molecule has 1 aliphatic rings. The maximum absolute atomic E-state index is 6.07. The van der Waals surface area contributed by atoms with Crippen molar-refractivity contribution >= 4 is 11.6 Å². The lowest BCUT2D eigenvalue weighted by atomic mass is 10.0. The first kappa shape index (κ1) is 13.9. The van der Waals surface area contributed by atoms with Gasteiger partial charge in [-0.2, -0.15) is 0 Å². The normalized spacial score (nSPS) is 22.8. The Morgan fingerprint density at radius 3 is 3.00 bits per heavy atom. The van der Waals surface area contributed by atoms with E-state index < -0.39 is 0 Å². The number of likely N-dealkylation sites (N-methyl/N-ethyl adjacent to an activating group) is 1. The molecule has 2 nitrogen and oxygen atoms in total. The van der Waals surface area contributed by atoms with Gasteiger partial charge < -0.3 is 5.32 Å². The number of nitrogens with zero attached hydrogens (tertiary/aromatic N) is 1. The molecule has 1 N–H and O–H groups in total. The van der Waals surface area contributed by atoms with Gasteiger partial charge in [-0.05, 0) is 51.1 Å². The van der Waals surface area contributed by atoms with E-state index in [0.29, 0.717) is 12.1 Å². The maximum atomic E-state index is 6.07. The molecule has 2 rings (SSSR count). The molecule has 0 radical (unpaired) electrons. The first-order chi connectivity index (χ1) is 8.68. The predicted molar refractivity (Wildman–Crippen MR) is 78.1 cm³/mol. The van der Waals surface area contributed by atoms with Crippen molar-refractivity contribution in [2.75, 3.05) is 20.1 Å². The minimum Gasteiger partial charge on any atom is -0.315 e. The number of hydrogen-bond acceptors (Lipinski definition) is 2. The van der Waals surface area contributed by atoms with E-state index in [-0.39, 0.29) is 0 Å². The van der Waals surface area contributed by atoms with Gasteiger partial charge in [0.2, 0.25) is 0 Å². The van der Waals surface area contributed by atoms with Crippen LogP contribution in [-0.4, -0.2) is 31.1 Å². The molecule has 18 heavy (non-hydrogen) atoms. The van der Waals surface area contributed by atoms with Gasteiger partial charge in [-0.25, -0.2) is 0 Å². The number of benzene rings is 1. The van der Waals surface area contributed by atoms with Crippen LogP contribution in [0.4, 0.5) is 0 Å². The molecule has 1 aromatic carbocycles. The smallest absolute Gasteiger partial charge is 0.0409 e. The second kappa shape index (κ2) is 6.55. The molecule has 1 heterocycles. The van der Waals surface area contributed by atoms with E-state index in [0.717, 1.165) is 18.1 Å². The van der Waals surface area contributed by atoms with E-state index >= 15 is 0 Å². The van der Waals surface area contributed by atoms with Crippen molar-refractivity contribution in [1.82, 2.24) is 10.2 Å². The fourth-order valence-electron chi connectivity index (χ4n) is 2.67. The van der Waals surface area contributed by atoms with Crippen molar-refractivity contribution in [3.8, 4) is 0 Å². The lowest BCUT2D eigenvalue weighted by Crippen LogP contribution is -2.40. The second-order valence-electron chi connectivity index (χ2n) is 5.25. The fraction of sp³-hybridized carbons (Fsp3) is 0.600. The molecule has 2 atom stereocenters. The third-order valence-corrected chi connectivity index (χ3v) is 4.27. The maximum Gasteiger partial charge on any atom is 0.0409 e. The van der Waals surface area contributed by atoms with E-state index in [9.17, 15) is 0 Å². The summed E-state index contributed by atoms with van der Waals surface area (Å²) in [5.41, 5.74) is 1.30. The molecule has 0 saturated carbocycles. The Balaban J connectivity index is 2.05. The van der Waals surface area contributed by atoms with Crippen LogP contribution in [0.15, 0.2) is 24.3 Å². The summed E-state index contributed by atoms with van der Waals surface area (Å²) in [5.74, 6) is 0. The predicted octanol–water partition coefficient (Wildman–Crippen LogP) is 3.47. The van der Waals surface area contributed by atoms with Crippen LogP contribution in [0.3, 0.4) is 0 Å². The molecule has 0 amide bonds. The van der Waals surface area contributed by atoms with Crippen molar-refractivity contribution in [2.24, 2.45) is 0 Å². The molecule has 1 fully saturated rings. The van der Waals surface area contributed by atoms with Gasteiger partial charge >= 0.3 is 0 Å². The van der Waals surface area contributed by atoms with E-state index in [4.69, 9.17) is 11.6 Å². The van der Waals surface area contributed by atoms with Crippen LogP contribution in [0, 0.1) is 0 Å². The van der Waals surface area contributed by atoms with E-state index in [1.807, 2.05) is 12.1 Å². The standard InChI is InChI=1S/C15H23ClN2/c1-12(13-6-5-7-14(16)10-13)18(2)15-8-3-4-9-17-11-15/h5-7,10,12,15,17H,3-4,8-9,11H2,1-2H3. The zero-order valence-corrected chi connectivity index (χ0v) is 12.1. The summed E-state index contributed by atoms with van der Waals surface area (Å²) in [5, 5.41) is 4.35. The van der Waals surface area contributed by atoms with Crippen LogP contribution in [0.1, 0.15) is 37.8 Å². The van der Waals surface area contributed by atoms with Crippen LogP contribution in [0.5, 0.6) is 0 Å². The summed E-state index contributed by atoms with van der Waals surface area (Å²) in [6.07, 6.45) is 3.91. The first-order valence-electron chi connectivity index (χ1n) is 6.86. The van der Waals surface area contributed by atoms with Gasteiger partial charge in [-0.15, -0.1) is 0 Å². The number of rotatable bonds is 3. The Morgan fingerprint density at radius 2 is 2.22 bits per heavy atom. The van der Waals surface area contributed by atoms with E-state index in [1.165, 1.54) is 24.8 Å². The highest BCUT2D eigenvalue weighted by atomic mass is 35.5. The molecule has 0 spiro atoms. The summed E-state index contributed by atoms with van der Waals surface area (Å²) in [6, 6.07) is 9.25. The van der Waals surface area contributed by atoms with Crippen LogP contribution < -0.4 is 5.32 Å². The van der Waals surface area contributed by atoms with E-state index in [1.54, 1.807) is 0 Å². The monoisotopic (exact) mass is 266 g/mol. The average molecular weight is 267 g/mol. The number of halogens is 1. The van der Waals surface area contributed by atoms with Crippen molar-refractivity contribution in [1.29, 1.82) is 0 Å². The molecule has 0 aliphatic carbocycles. The van der Waals surface area contributed by atoms with Crippen LogP contribution >= 0.6 is 11.6 Å². The Bertz CT molecular complexity index is 373. The SMILES string of the molecule is CC(c1cccc(Cl)c1)N(C)C1CCCCNC1. The summed E-state index contributed by atoms with van der Waals surface area (Å²) in [6.45, 7) is 4.52. The Hall–Kier alpha value is -0.570. The molecule has 2 unspecified atom stereocenters. The Labute approximate surface area is 115 Å². The molecule has 1 aliphatic heterocycles. The number of hydrogen-bond donors (Lipinski definition) is 1. The first-order valence-corrected chi connectivity index (χ1v) is 7.24. The van der Waals surface area contributed by atoms with Gasteiger partial charge in [-0.3, -0.25) is 4.90 Å². The van der Waals surface area contributed by atoms with Gasteiger partial charge in [0.05, 0.1) is 0 Å². The van der Waals surface area contributed by atoms with Gasteiger partial charge in [-0.1, -0.05) is 30.2 Å². The zero-order chi connectivity index (χ0) is 13.0. The summed E-state index contributed by atoms with van der Waals surface area (Å²) >= 11 is 6.07. The van der Waals surface area contributed by atoms with Gasteiger partial charge in [0.1, 0.15) is 0 Å². The highest BCUT2D eigenvalue weighted by Gasteiger charge is 2.21. The van der Waals surface area contributed by atoms with Gasteiger partial charge in [0, 0.05) is 23.7 Å². The quantitative estimate of drug-likeness (QED) is 0.901. The van der Waals surface area contributed by atoms with Crippen molar-refractivity contribution in [2.45, 2.75) is 38.3 Å². The van der Waals surface area contributed by atoms with Gasteiger partial charge in [0.15, 0.2) is 0 Å². The molecule has 0 aromatic heterocycles. The molecule has 1 aromatic rings. The molecule has 3 heteroatoms. The van der Waals surface area contributed by atoms with Crippen LogP contribution in [0.25, 0.3) is 0 Å². The average Bonchev–Trinajstić information content (AvgIpc) is 2.66.